The van der Waals surface area contributed by atoms with E-state index in [1.807, 2.05) is 19.1 Å². The molecule has 5 N–H and O–H groups in total. The van der Waals surface area contributed by atoms with Crippen LogP contribution in [0.1, 0.15) is 77.7 Å². The summed E-state index contributed by atoms with van der Waals surface area (Å²) >= 11 is 0. The van der Waals surface area contributed by atoms with Crippen molar-refractivity contribution in [3.05, 3.63) is 65.8 Å². The minimum absolute atomic E-state index is 0.00853. The Hall–Kier alpha value is -3.89. The summed E-state index contributed by atoms with van der Waals surface area (Å²) in [5, 5.41) is 37.8. The lowest BCUT2D eigenvalue weighted by Crippen LogP contribution is -2.45. The normalized spacial score (nSPS) is 27.2. The van der Waals surface area contributed by atoms with Gasteiger partial charge < -0.3 is 35.4 Å². The molecule has 1 aliphatic carbocycles. The summed E-state index contributed by atoms with van der Waals surface area (Å²) in [4.78, 5) is 38.6. The van der Waals surface area contributed by atoms with Crippen LogP contribution < -0.4 is 10.6 Å². The van der Waals surface area contributed by atoms with Crippen molar-refractivity contribution in [2.75, 3.05) is 12.4 Å². The summed E-state index contributed by atoms with van der Waals surface area (Å²) in [5.74, 6) is -1.90. The highest BCUT2D eigenvalue weighted by Gasteiger charge is 2.31. The average Bonchev–Trinajstić information content (AvgIpc) is 3.04. The number of allylic oxidation sites excluding steroid dienone is 5. The Morgan fingerprint density at radius 3 is 2.50 bits per heavy atom. The molecule has 1 heterocycles. The molecule has 252 valence electrons. The van der Waals surface area contributed by atoms with Gasteiger partial charge in [0, 0.05) is 31.4 Å². The van der Waals surface area contributed by atoms with E-state index in [0.29, 0.717) is 30.4 Å². The van der Waals surface area contributed by atoms with E-state index in [9.17, 15) is 29.7 Å². The molecule has 1 aromatic rings. The second kappa shape index (κ2) is 18.3. The Morgan fingerprint density at radius 1 is 1.07 bits per heavy atom. The Bertz CT molecular complexity index is 1310. The van der Waals surface area contributed by atoms with Gasteiger partial charge in [-0.05, 0) is 56.7 Å². The SMILES string of the molecule is CO[C@H]1C=C/C=C\C=C/C[C@H](OC(=O)[C@@H](C)NC(=O)C2CCCCC2)[C@H](C)[C@@H](O)/C(C)=C\CCc2cc(O)cc(c2O)NC(=O)C1. The summed E-state index contributed by atoms with van der Waals surface area (Å²) in [7, 11) is 1.49. The highest BCUT2D eigenvalue weighted by Crippen LogP contribution is 2.34. The second-order valence-electron chi connectivity index (χ2n) is 12.3. The zero-order valence-electron chi connectivity index (χ0n) is 27.4. The topological polar surface area (TPSA) is 154 Å². The largest absolute Gasteiger partial charge is 0.508 e. The molecule has 0 saturated heterocycles. The molecule has 1 aromatic carbocycles. The van der Waals surface area contributed by atoms with Gasteiger partial charge >= 0.3 is 5.97 Å². The summed E-state index contributed by atoms with van der Waals surface area (Å²) in [6.45, 7) is 5.22. The fraction of sp³-hybridized carbons (Fsp3) is 0.528. The lowest BCUT2D eigenvalue weighted by Gasteiger charge is -2.29. The molecule has 5 atom stereocenters. The van der Waals surface area contributed by atoms with Crippen LogP contribution in [-0.2, 0) is 30.3 Å². The van der Waals surface area contributed by atoms with Gasteiger partial charge in [-0.3, -0.25) is 9.59 Å². The number of aliphatic hydroxyl groups is 1. The number of benzene rings is 1. The number of phenolic OH excluding ortho intramolecular Hbond substituents is 2. The highest BCUT2D eigenvalue weighted by atomic mass is 16.5. The molecule has 10 heteroatoms. The molecule has 2 bridgehead atoms. The molecule has 2 amide bonds. The molecular weight excluding hydrogens is 588 g/mol. The van der Waals surface area contributed by atoms with Crippen LogP contribution in [-0.4, -0.2) is 64.6 Å². The van der Waals surface area contributed by atoms with Crippen LogP contribution in [0.2, 0.25) is 0 Å². The number of carbonyl (C=O) groups is 3. The predicted octanol–water partition coefficient (Wildman–Crippen LogP) is 5.39. The van der Waals surface area contributed by atoms with Gasteiger partial charge in [-0.15, -0.1) is 0 Å². The quantitative estimate of drug-likeness (QED) is 0.125. The number of aryl methyl sites for hydroxylation is 1. The van der Waals surface area contributed by atoms with Gasteiger partial charge in [-0.25, -0.2) is 4.79 Å². The molecule has 0 spiro atoms. The van der Waals surface area contributed by atoms with E-state index in [2.05, 4.69) is 10.6 Å². The molecule has 46 heavy (non-hydrogen) atoms. The van der Waals surface area contributed by atoms with Crippen LogP contribution >= 0.6 is 0 Å². The van der Waals surface area contributed by atoms with Crippen molar-refractivity contribution in [3.63, 3.8) is 0 Å². The minimum Gasteiger partial charge on any atom is -0.508 e. The fourth-order valence-corrected chi connectivity index (χ4v) is 5.76. The van der Waals surface area contributed by atoms with Crippen LogP contribution in [0.25, 0.3) is 0 Å². The van der Waals surface area contributed by atoms with Crippen LogP contribution in [0, 0.1) is 11.8 Å². The van der Waals surface area contributed by atoms with E-state index in [-0.39, 0.29) is 35.4 Å². The van der Waals surface area contributed by atoms with Crippen molar-refractivity contribution in [2.45, 2.75) is 103 Å². The lowest BCUT2D eigenvalue weighted by atomic mass is 9.88. The molecule has 0 unspecified atom stereocenters. The summed E-state index contributed by atoms with van der Waals surface area (Å²) in [6.07, 6.45) is 16.2. The van der Waals surface area contributed by atoms with Gasteiger partial charge in [-0.1, -0.05) is 68.7 Å². The maximum Gasteiger partial charge on any atom is 0.328 e. The molecule has 1 fully saturated rings. The van der Waals surface area contributed by atoms with Crippen molar-refractivity contribution in [3.8, 4) is 11.5 Å². The lowest BCUT2D eigenvalue weighted by molar-refractivity contribution is -0.156. The van der Waals surface area contributed by atoms with Gasteiger partial charge in [0.05, 0.1) is 24.3 Å². The van der Waals surface area contributed by atoms with Crippen LogP contribution in [0.4, 0.5) is 5.69 Å². The van der Waals surface area contributed by atoms with Crippen molar-refractivity contribution >= 4 is 23.5 Å². The minimum atomic E-state index is -0.940. The van der Waals surface area contributed by atoms with Crippen molar-refractivity contribution in [1.29, 1.82) is 0 Å². The van der Waals surface area contributed by atoms with Gasteiger partial charge in [0.25, 0.3) is 0 Å². The smallest absolute Gasteiger partial charge is 0.328 e. The van der Waals surface area contributed by atoms with Gasteiger partial charge in [-0.2, -0.15) is 0 Å². The molecule has 1 aliphatic heterocycles. The number of hydrogen-bond acceptors (Lipinski definition) is 8. The molecule has 2 aliphatic rings. The Morgan fingerprint density at radius 2 is 1.78 bits per heavy atom. The van der Waals surface area contributed by atoms with Gasteiger partial charge in [0.2, 0.25) is 11.8 Å². The summed E-state index contributed by atoms with van der Waals surface area (Å²) in [5.41, 5.74) is 1.19. The number of amides is 2. The predicted molar refractivity (Wildman–Crippen MR) is 177 cm³/mol. The van der Waals surface area contributed by atoms with Crippen LogP contribution in [0.5, 0.6) is 11.5 Å². The average molecular weight is 639 g/mol. The zero-order valence-corrected chi connectivity index (χ0v) is 27.4. The van der Waals surface area contributed by atoms with Gasteiger partial charge in [0.1, 0.15) is 23.6 Å². The highest BCUT2D eigenvalue weighted by molar-refractivity contribution is 5.93. The Labute approximate surface area is 272 Å². The number of phenols is 2. The Balaban J connectivity index is 1.82. The summed E-state index contributed by atoms with van der Waals surface area (Å²) in [6, 6.07) is 1.89. The number of rotatable bonds is 5. The Kier molecular flexibility index (Phi) is 14.6. The number of hydrogen-bond donors (Lipinski definition) is 5. The molecule has 3 rings (SSSR count). The number of aromatic hydroxyl groups is 2. The van der Waals surface area contributed by atoms with E-state index >= 15 is 0 Å². The summed E-state index contributed by atoms with van der Waals surface area (Å²) < 4.78 is 11.3. The maximum absolute atomic E-state index is 13.1. The monoisotopic (exact) mass is 638 g/mol. The van der Waals surface area contributed by atoms with E-state index in [4.69, 9.17) is 9.47 Å². The van der Waals surface area contributed by atoms with E-state index in [1.54, 1.807) is 44.2 Å². The molecule has 0 radical (unpaired) electrons. The van der Waals surface area contributed by atoms with Crippen LogP contribution in [0.3, 0.4) is 0 Å². The standard InChI is InChI=1S/C36H50N2O8/c1-23-14-13-17-27-20-28(39)21-30(34(27)42)38-32(40)22-29(45-4)18-11-6-5-7-12-19-31(24(2)33(23)41)46-36(44)25(3)37-35(43)26-15-9-8-10-16-26/h5-7,11-12,14,18,20-21,24-26,29,31,33,39,41-42H,8-10,13,15-17,19,22H2,1-4H3,(H,37,43)(H,38,40)/b6-5-,12-7-,18-11?,23-14-/t24-,25+,29-,31-,33-/m0/s1. The third-order valence-electron chi connectivity index (χ3n) is 8.69. The van der Waals surface area contributed by atoms with E-state index in [0.717, 1.165) is 32.1 Å². The second-order valence-corrected chi connectivity index (χ2v) is 12.3. The number of nitrogens with one attached hydrogen (secondary N) is 2. The fourth-order valence-electron chi connectivity index (χ4n) is 5.76. The van der Waals surface area contributed by atoms with E-state index < -0.39 is 42.1 Å². The first-order valence-corrected chi connectivity index (χ1v) is 16.2. The first kappa shape index (κ1) is 36.6. The first-order chi connectivity index (χ1) is 22.0. The number of aliphatic hydroxyl groups excluding tert-OH is 1. The molecule has 0 aromatic heterocycles. The number of fused-ring (bicyclic) bond motifs is 2. The zero-order chi connectivity index (χ0) is 33.6. The van der Waals surface area contributed by atoms with Crippen LogP contribution in [0.15, 0.2) is 60.2 Å². The molecule has 10 nitrogen and oxygen atoms in total. The number of carbonyl (C=O) groups excluding carboxylic acids is 3. The third-order valence-corrected chi connectivity index (χ3v) is 8.69. The molecule has 1 saturated carbocycles. The van der Waals surface area contributed by atoms with Crippen molar-refractivity contribution in [2.24, 2.45) is 11.8 Å². The van der Waals surface area contributed by atoms with Crippen molar-refractivity contribution < 1.29 is 39.2 Å². The van der Waals surface area contributed by atoms with Crippen molar-refractivity contribution in [1.82, 2.24) is 5.32 Å². The first-order valence-electron chi connectivity index (χ1n) is 16.2. The third kappa shape index (κ3) is 11.2. The number of methoxy groups -OCH3 is 1. The molecular formula is C36H50N2O8. The van der Waals surface area contributed by atoms with Gasteiger partial charge in [0.15, 0.2) is 0 Å². The van der Waals surface area contributed by atoms with E-state index in [1.165, 1.54) is 19.2 Å². The maximum atomic E-state index is 13.1. The number of ether oxygens (including phenoxy) is 2. The number of esters is 1. The number of anilines is 1.